The van der Waals surface area contributed by atoms with Gasteiger partial charge in [0.1, 0.15) is 0 Å². The van der Waals surface area contributed by atoms with Crippen LogP contribution in [0.5, 0.6) is 0 Å². The summed E-state index contributed by atoms with van der Waals surface area (Å²) in [5, 5.41) is 9.49. The molecule has 0 aromatic rings. The maximum atomic E-state index is 14.4. The number of sulfonamides is 1. The lowest BCUT2D eigenvalue weighted by molar-refractivity contribution is -0.188. The van der Waals surface area contributed by atoms with E-state index < -0.39 is 15.4 Å². The largest absolute Gasteiger partial charge is 0.295 e. The highest BCUT2D eigenvalue weighted by Gasteiger charge is 2.70. The zero-order valence-electron chi connectivity index (χ0n) is 25.2. The number of carbonyl (C=O) groups is 2. The van der Waals surface area contributed by atoms with Gasteiger partial charge in [-0.05, 0) is 103 Å². The molecule has 0 aromatic carbocycles. The Morgan fingerprint density at radius 3 is 2.21 bits per heavy atom. The average Bonchev–Trinajstić information content (AvgIpc) is 2.82. The fraction of sp³-hybridized carbons (Fsp3) is 0.871. The molecule has 5 aliphatic carbocycles. The van der Waals surface area contributed by atoms with E-state index in [4.69, 9.17) is 0 Å². The van der Waals surface area contributed by atoms with Crippen LogP contribution in [0.2, 0.25) is 0 Å². The van der Waals surface area contributed by atoms with Crippen LogP contribution in [0.1, 0.15) is 106 Å². The zero-order valence-corrected chi connectivity index (χ0v) is 26.1. The van der Waals surface area contributed by atoms with Gasteiger partial charge in [0, 0.05) is 17.4 Å². The van der Waals surface area contributed by atoms with E-state index in [1.54, 1.807) is 0 Å². The summed E-state index contributed by atoms with van der Waals surface area (Å²) in [7, 11) is -3.33. The number of carbonyl (C=O) groups excluding carboxylic acids is 2. The average molecular weight is 563 g/mol. The SMILES string of the molecule is CC1(C)C2CC[C@]3(C)[C@H](C(=O)C=C4[C@@H]5C[C@@](C)(C(=O)NO)CC[C@]5(C)CC[C@]43C)[C@@]2(C)CC[C@@H]1NS(C)(=O)=O. The molecule has 0 spiro atoms. The van der Waals surface area contributed by atoms with Crippen LogP contribution in [-0.4, -0.2) is 37.6 Å². The molecular formula is C31H50N2O5S. The molecule has 0 radical (unpaired) electrons. The van der Waals surface area contributed by atoms with Gasteiger partial charge in [-0.3, -0.25) is 14.8 Å². The molecular weight excluding hydrogens is 512 g/mol. The highest BCUT2D eigenvalue weighted by Crippen LogP contribution is 2.75. The van der Waals surface area contributed by atoms with Crippen molar-refractivity contribution in [2.75, 3.05) is 6.26 Å². The van der Waals surface area contributed by atoms with Crippen LogP contribution < -0.4 is 10.2 Å². The van der Waals surface area contributed by atoms with Crippen molar-refractivity contribution in [1.82, 2.24) is 10.2 Å². The molecule has 5 aliphatic rings. The lowest BCUT2D eigenvalue weighted by Crippen LogP contribution is -2.67. The van der Waals surface area contributed by atoms with Gasteiger partial charge in [0.15, 0.2) is 5.78 Å². The molecule has 9 atom stereocenters. The second kappa shape index (κ2) is 8.64. The molecule has 220 valence electrons. The smallest absolute Gasteiger partial charge is 0.249 e. The first-order valence-corrected chi connectivity index (χ1v) is 16.8. The molecule has 0 saturated heterocycles. The number of ketones is 1. The van der Waals surface area contributed by atoms with Gasteiger partial charge < -0.3 is 0 Å². The summed E-state index contributed by atoms with van der Waals surface area (Å²) in [6.07, 6.45) is 11.1. The lowest BCUT2D eigenvalue weighted by Gasteiger charge is -2.70. The van der Waals surface area contributed by atoms with E-state index in [0.717, 1.165) is 51.4 Å². The monoisotopic (exact) mass is 562 g/mol. The molecule has 3 N–H and O–H groups in total. The van der Waals surface area contributed by atoms with E-state index in [2.05, 4.69) is 46.3 Å². The van der Waals surface area contributed by atoms with E-state index in [0.29, 0.717) is 6.42 Å². The van der Waals surface area contributed by atoms with Crippen LogP contribution >= 0.6 is 0 Å². The van der Waals surface area contributed by atoms with Crippen LogP contribution in [0.15, 0.2) is 11.6 Å². The van der Waals surface area contributed by atoms with Crippen LogP contribution in [0.3, 0.4) is 0 Å². The van der Waals surface area contributed by atoms with Crippen molar-refractivity contribution in [2.24, 2.45) is 50.2 Å². The number of amides is 1. The van der Waals surface area contributed by atoms with Gasteiger partial charge in [-0.15, -0.1) is 0 Å². The maximum Gasteiger partial charge on any atom is 0.249 e. The Kier molecular flexibility index (Phi) is 6.48. The Balaban J connectivity index is 1.57. The summed E-state index contributed by atoms with van der Waals surface area (Å²) in [6.45, 7) is 15.7. The van der Waals surface area contributed by atoms with Crippen LogP contribution in [0.25, 0.3) is 0 Å². The van der Waals surface area contributed by atoms with E-state index in [1.165, 1.54) is 11.8 Å². The van der Waals surface area contributed by atoms with Gasteiger partial charge >= 0.3 is 0 Å². The second-order valence-electron chi connectivity index (χ2n) is 16.0. The van der Waals surface area contributed by atoms with Gasteiger partial charge in [-0.1, -0.05) is 54.0 Å². The van der Waals surface area contributed by atoms with Gasteiger partial charge in [-0.2, -0.15) is 0 Å². The Bertz CT molecular complexity index is 1230. The van der Waals surface area contributed by atoms with E-state index in [-0.39, 0.29) is 62.6 Å². The molecule has 1 amide bonds. The third-order valence-electron chi connectivity index (χ3n) is 13.6. The van der Waals surface area contributed by atoms with Crippen molar-refractivity contribution >= 4 is 21.7 Å². The summed E-state index contributed by atoms with van der Waals surface area (Å²) < 4.78 is 27.3. The first kappa shape index (κ1) is 29.2. The maximum absolute atomic E-state index is 14.4. The zero-order chi connectivity index (χ0) is 29.0. The number of rotatable bonds is 3. The normalized spacial score (nSPS) is 49.1. The van der Waals surface area contributed by atoms with E-state index in [1.807, 2.05) is 18.5 Å². The van der Waals surface area contributed by atoms with E-state index >= 15 is 0 Å². The molecule has 0 bridgehead atoms. The minimum Gasteiger partial charge on any atom is -0.295 e. The van der Waals surface area contributed by atoms with Gasteiger partial charge in [0.2, 0.25) is 15.9 Å². The van der Waals surface area contributed by atoms with Gasteiger partial charge in [0.05, 0.1) is 6.26 Å². The Morgan fingerprint density at radius 2 is 1.59 bits per heavy atom. The lowest BCUT2D eigenvalue weighted by atomic mass is 9.33. The predicted molar refractivity (Wildman–Crippen MR) is 151 cm³/mol. The minimum absolute atomic E-state index is 0.0442. The van der Waals surface area contributed by atoms with Gasteiger partial charge in [-0.25, -0.2) is 18.6 Å². The summed E-state index contributed by atoms with van der Waals surface area (Å²) in [4.78, 5) is 27.2. The fourth-order valence-corrected chi connectivity index (χ4v) is 11.9. The number of hydrogen-bond donors (Lipinski definition) is 3. The molecule has 0 heterocycles. The summed E-state index contributed by atoms with van der Waals surface area (Å²) in [5.74, 6) is 0.157. The number of allylic oxidation sites excluding steroid dienone is 2. The first-order valence-electron chi connectivity index (χ1n) is 15.0. The number of fused-ring (bicyclic) bond motifs is 7. The quantitative estimate of drug-likeness (QED) is 0.315. The van der Waals surface area contributed by atoms with Crippen molar-refractivity contribution in [3.63, 3.8) is 0 Å². The van der Waals surface area contributed by atoms with Crippen molar-refractivity contribution in [2.45, 2.75) is 112 Å². The highest BCUT2D eigenvalue weighted by atomic mass is 32.2. The number of hydroxylamine groups is 1. The van der Waals surface area contributed by atoms with Crippen molar-refractivity contribution in [3.05, 3.63) is 11.6 Å². The highest BCUT2D eigenvalue weighted by molar-refractivity contribution is 7.88. The fourth-order valence-electron chi connectivity index (χ4n) is 11.0. The number of hydrogen-bond acceptors (Lipinski definition) is 5. The standard InChI is InChI=1S/C31H50N2O5S/c1-26(2)22-9-12-31(7)24(29(22,5)11-10-23(26)33-39(8,37)38)21(34)17-19-20-18-28(4,25(35)32-36)14-13-27(20,3)15-16-30(19,31)6/h17,20,22-24,33,36H,9-16,18H2,1-8H3,(H,32,35)/t20-,22?,23-,24+,27+,28-,29-,30+,31+/m0/s1. The molecule has 7 nitrogen and oxygen atoms in total. The Morgan fingerprint density at radius 1 is 0.949 bits per heavy atom. The molecule has 5 rings (SSSR count). The Labute approximate surface area is 235 Å². The van der Waals surface area contributed by atoms with Gasteiger partial charge in [0.25, 0.3) is 0 Å². The molecule has 0 aromatic heterocycles. The molecule has 8 heteroatoms. The second-order valence-corrected chi connectivity index (χ2v) is 17.8. The third kappa shape index (κ3) is 3.97. The van der Waals surface area contributed by atoms with Crippen molar-refractivity contribution < 1.29 is 23.2 Å². The van der Waals surface area contributed by atoms with E-state index in [9.17, 15) is 23.2 Å². The molecule has 1 unspecified atom stereocenters. The van der Waals surface area contributed by atoms with Crippen LogP contribution in [0.4, 0.5) is 0 Å². The van der Waals surface area contributed by atoms with Crippen LogP contribution in [-0.2, 0) is 19.6 Å². The molecule has 0 aliphatic heterocycles. The predicted octanol–water partition coefficient (Wildman–Crippen LogP) is 5.39. The molecule has 4 saturated carbocycles. The molecule has 39 heavy (non-hydrogen) atoms. The Hall–Kier alpha value is -1.25. The summed E-state index contributed by atoms with van der Waals surface area (Å²) >= 11 is 0. The minimum atomic E-state index is -3.33. The third-order valence-corrected chi connectivity index (χ3v) is 14.3. The number of nitrogens with one attached hydrogen (secondary N) is 2. The van der Waals surface area contributed by atoms with Crippen molar-refractivity contribution in [3.8, 4) is 0 Å². The van der Waals surface area contributed by atoms with Crippen molar-refractivity contribution in [1.29, 1.82) is 0 Å². The summed E-state index contributed by atoms with van der Waals surface area (Å²) in [6, 6.07) is -0.136. The van der Waals surface area contributed by atoms with Crippen LogP contribution in [0, 0.1) is 50.2 Å². The topological polar surface area (TPSA) is 113 Å². The summed E-state index contributed by atoms with van der Waals surface area (Å²) in [5.41, 5.74) is 1.71. The molecule has 4 fully saturated rings. The first-order chi connectivity index (χ1) is 17.8.